The van der Waals surface area contributed by atoms with Crippen LogP contribution in [-0.4, -0.2) is 55.5 Å². The lowest BCUT2D eigenvalue weighted by Crippen LogP contribution is -2.49. The van der Waals surface area contributed by atoms with E-state index in [0.29, 0.717) is 18.6 Å². The van der Waals surface area contributed by atoms with Crippen LogP contribution in [0.4, 0.5) is 0 Å². The number of amides is 1. The second-order valence-electron chi connectivity index (χ2n) is 8.17. The summed E-state index contributed by atoms with van der Waals surface area (Å²) in [6.45, 7) is 6.55. The second-order valence-corrected chi connectivity index (χ2v) is 8.17. The number of piperazine rings is 1. The van der Waals surface area contributed by atoms with Crippen LogP contribution in [0.25, 0.3) is 0 Å². The van der Waals surface area contributed by atoms with Crippen LogP contribution in [0.1, 0.15) is 49.0 Å². The maximum absolute atomic E-state index is 12.3. The van der Waals surface area contributed by atoms with Gasteiger partial charge in [0.2, 0.25) is 5.91 Å². The molecule has 0 aliphatic carbocycles. The van der Waals surface area contributed by atoms with Crippen LogP contribution in [0.5, 0.6) is 5.75 Å². The quantitative estimate of drug-likeness (QED) is 0.561. The van der Waals surface area contributed by atoms with Crippen molar-refractivity contribution in [3.05, 3.63) is 65.2 Å². The lowest BCUT2D eigenvalue weighted by atomic mass is 10.1. The van der Waals surface area contributed by atoms with Gasteiger partial charge in [-0.05, 0) is 41.8 Å². The van der Waals surface area contributed by atoms with Gasteiger partial charge in [0.05, 0.1) is 31.5 Å². The highest BCUT2D eigenvalue weighted by Gasteiger charge is 2.24. The molecule has 1 aliphatic rings. The van der Waals surface area contributed by atoms with Gasteiger partial charge in [-0.1, -0.05) is 37.6 Å². The van der Waals surface area contributed by atoms with Gasteiger partial charge in [-0.2, -0.15) is 5.26 Å². The lowest BCUT2D eigenvalue weighted by molar-refractivity contribution is -0.133. The SMILES string of the molecule is CCCCC(=O)N1CCN(C[C@H](OCc2ccc(C#N)cc2)c2cccc(OC)c2)CC1. The number of nitrogens with zero attached hydrogens (tertiary/aromatic N) is 3. The van der Waals surface area contributed by atoms with Gasteiger partial charge in [0.15, 0.2) is 0 Å². The first-order valence-electron chi connectivity index (χ1n) is 11.4. The zero-order chi connectivity index (χ0) is 22.8. The zero-order valence-electron chi connectivity index (χ0n) is 19.1. The zero-order valence-corrected chi connectivity index (χ0v) is 19.1. The molecule has 0 bridgehead atoms. The average molecular weight is 436 g/mol. The molecule has 1 atom stereocenters. The van der Waals surface area contributed by atoms with Crippen LogP contribution in [0.15, 0.2) is 48.5 Å². The predicted molar refractivity (Wildman–Crippen MR) is 124 cm³/mol. The summed E-state index contributed by atoms with van der Waals surface area (Å²) in [7, 11) is 1.67. The number of nitriles is 1. The Hall–Kier alpha value is -2.88. The molecule has 1 saturated heterocycles. The Morgan fingerprint density at radius 1 is 1.12 bits per heavy atom. The molecule has 0 aromatic heterocycles. The van der Waals surface area contributed by atoms with Crippen molar-refractivity contribution in [2.24, 2.45) is 0 Å². The fourth-order valence-electron chi connectivity index (χ4n) is 3.87. The highest BCUT2D eigenvalue weighted by molar-refractivity contribution is 5.76. The van der Waals surface area contributed by atoms with Gasteiger partial charge in [-0.25, -0.2) is 0 Å². The van der Waals surface area contributed by atoms with E-state index in [4.69, 9.17) is 14.7 Å². The summed E-state index contributed by atoms with van der Waals surface area (Å²) in [5.74, 6) is 1.08. The van der Waals surface area contributed by atoms with Gasteiger partial charge >= 0.3 is 0 Å². The van der Waals surface area contributed by atoms with Crippen molar-refractivity contribution < 1.29 is 14.3 Å². The largest absolute Gasteiger partial charge is 0.497 e. The third kappa shape index (κ3) is 6.81. The molecule has 0 saturated carbocycles. The fraction of sp³-hybridized carbons (Fsp3) is 0.462. The van der Waals surface area contributed by atoms with Crippen molar-refractivity contribution >= 4 is 5.91 Å². The Labute approximate surface area is 191 Å². The Morgan fingerprint density at radius 2 is 1.88 bits per heavy atom. The summed E-state index contributed by atoms with van der Waals surface area (Å²) in [4.78, 5) is 16.7. The number of hydrogen-bond acceptors (Lipinski definition) is 5. The molecule has 1 heterocycles. The normalized spacial score (nSPS) is 15.2. The summed E-state index contributed by atoms with van der Waals surface area (Å²) in [6.07, 6.45) is 2.53. The van der Waals surface area contributed by atoms with E-state index in [9.17, 15) is 4.79 Å². The minimum atomic E-state index is -0.122. The van der Waals surface area contributed by atoms with E-state index in [1.807, 2.05) is 47.4 Å². The van der Waals surface area contributed by atoms with E-state index in [0.717, 1.165) is 62.4 Å². The highest BCUT2D eigenvalue weighted by atomic mass is 16.5. The lowest BCUT2D eigenvalue weighted by Gasteiger charge is -2.36. The summed E-state index contributed by atoms with van der Waals surface area (Å²) in [6, 6.07) is 17.6. The molecule has 0 radical (unpaired) electrons. The monoisotopic (exact) mass is 435 g/mol. The average Bonchev–Trinajstić information content (AvgIpc) is 2.85. The molecule has 0 N–H and O–H groups in total. The molecule has 0 spiro atoms. The molecule has 6 nitrogen and oxygen atoms in total. The Morgan fingerprint density at radius 3 is 2.53 bits per heavy atom. The summed E-state index contributed by atoms with van der Waals surface area (Å²) >= 11 is 0. The molecule has 170 valence electrons. The van der Waals surface area contributed by atoms with Gasteiger partial charge in [0.25, 0.3) is 0 Å². The molecule has 6 heteroatoms. The Balaban J connectivity index is 1.63. The maximum atomic E-state index is 12.3. The minimum absolute atomic E-state index is 0.122. The summed E-state index contributed by atoms with van der Waals surface area (Å²) < 4.78 is 11.8. The van der Waals surface area contributed by atoms with Crippen molar-refractivity contribution in [3.63, 3.8) is 0 Å². The van der Waals surface area contributed by atoms with Gasteiger partial charge in [-0.15, -0.1) is 0 Å². The fourth-order valence-corrected chi connectivity index (χ4v) is 3.87. The number of carbonyl (C=O) groups is 1. The minimum Gasteiger partial charge on any atom is -0.497 e. The number of ether oxygens (including phenoxy) is 2. The number of methoxy groups -OCH3 is 1. The molecular formula is C26H33N3O3. The number of rotatable bonds is 10. The highest BCUT2D eigenvalue weighted by Crippen LogP contribution is 2.25. The van der Waals surface area contributed by atoms with Crippen LogP contribution in [0, 0.1) is 11.3 Å². The Bertz CT molecular complexity index is 899. The van der Waals surface area contributed by atoms with E-state index in [-0.39, 0.29) is 12.0 Å². The van der Waals surface area contributed by atoms with Gasteiger partial charge in [-0.3, -0.25) is 9.69 Å². The molecule has 1 fully saturated rings. The molecule has 0 unspecified atom stereocenters. The molecule has 3 rings (SSSR count). The number of benzene rings is 2. The van der Waals surface area contributed by atoms with Crippen molar-refractivity contribution in [1.29, 1.82) is 5.26 Å². The van der Waals surface area contributed by atoms with E-state index < -0.39 is 0 Å². The van der Waals surface area contributed by atoms with Crippen LogP contribution >= 0.6 is 0 Å². The summed E-state index contributed by atoms with van der Waals surface area (Å²) in [5.41, 5.74) is 2.74. The third-order valence-corrected chi connectivity index (χ3v) is 5.89. The Kier molecular flexibility index (Phi) is 9.09. The van der Waals surface area contributed by atoms with Crippen LogP contribution in [-0.2, 0) is 16.1 Å². The maximum Gasteiger partial charge on any atom is 0.222 e. The number of unbranched alkanes of at least 4 members (excludes halogenated alkanes) is 1. The van der Waals surface area contributed by atoms with Crippen molar-refractivity contribution in [3.8, 4) is 11.8 Å². The summed E-state index contributed by atoms with van der Waals surface area (Å²) in [5, 5.41) is 9.00. The topological polar surface area (TPSA) is 65.8 Å². The van der Waals surface area contributed by atoms with Gasteiger partial charge in [0, 0.05) is 39.1 Å². The molecule has 2 aromatic carbocycles. The first-order chi connectivity index (χ1) is 15.6. The van der Waals surface area contributed by atoms with Gasteiger partial charge in [0.1, 0.15) is 5.75 Å². The van der Waals surface area contributed by atoms with Gasteiger partial charge < -0.3 is 14.4 Å². The van der Waals surface area contributed by atoms with E-state index in [1.54, 1.807) is 7.11 Å². The van der Waals surface area contributed by atoms with Crippen LogP contribution in [0.3, 0.4) is 0 Å². The van der Waals surface area contributed by atoms with Crippen molar-refractivity contribution in [2.75, 3.05) is 39.8 Å². The number of hydrogen-bond donors (Lipinski definition) is 0. The molecule has 1 amide bonds. The molecule has 1 aliphatic heterocycles. The van der Waals surface area contributed by atoms with Crippen molar-refractivity contribution in [2.45, 2.75) is 38.9 Å². The van der Waals surface area contributed by atoms with Crippen LogP contribution < -0.4 is 4.74 Å². The van der Waals surface area contributed by atoms with Crippen LogP contribution in [0.2, 0.25) is 0 Å². The van der Waals surface area contributed by atoms with Crippen molar-refractivity contribution in [1.82, 2.24) is 9.80 Å². The second kappa shape index (κ2) is 12.2. The smallest absolute Gasteiger partial charge is 0.222 e. The molecular weight excluding hydrogens is 402 g/mol. The first kappa shape index (κ1) is 23.8. The third-order valence-electron chi connectivity index (χ3n) is 5.89. The standard InChI is InChI=1S/C26H33N3O3/c1-3-4-8-26(30)29-15-13-28(14-16-29)19-25(23-6-5-7-24(17-23)31-2)32-20-22-11-9-21(18-27)10-12-22/h5-7,9-12,17,25H,3-4,8,13-16,19-20H2,1-2H3/t25-/m0/s1. The number of carbonyl (C=O) groups excluding carboxylic acids is 1. The predicted octanol–water partition coefficient (Wildman–Crippen LogP) is 4.16. The van der Waals surface area contributed by atoms with E-state index in [2.05, 4.69) is 24.0 Å². The first-order valence-corrected chi connectivity index (χ1v) is 11.4. The van der Waals surface area contributed by atoms with E-state index in [1.165, 1.54) is 0 Å². The molecule has 2 aromatic rings. The van der Waals surface area contributed by atoms with E-state index >= 15 is 0 Å². The molecule has 32 heavy (non-hydrogen) atoms.